The molecule has 0 unspecified atom stereocenters. The summed E-state index contributed by atoms with van der Waals surface area (Å²) in [5.74, 6) is 0.807. The summed E-state index contributed by atoms with van der Waals surface area (Å²) in [4.78, 5) is 19.0. The van der Waals surface area contributed by atoms with Crippen LogP contribution in [-0.4, -0.2) is 9.97 Å². The highest BCUT2D eigenvalue weighted by molar-refractivity contribution is 7.13. The zero-order chi connectivity index (χ0) is 15.6. The highest BCUT2D eigenvalue weighted by Crippen LogP contribution is 2.28. The van der Waals surface area contributed by atoms with Crippen LogP contribution >= 0.6 is 11.3 Å². The van der Waals surface area contributed by atoms with Crippen LogP contribution in [0.4, 0.5) is 0 Å². The Balaban J connectivity index is 1.47. The maximum Gasteiger partial charge on any atom is 0.248 e. The Morgan fingerprint density at radius 3 is 3.22 bits per heavy atom. The Bertz CT molecular complexity index is 851. The second kappa shape index (κ2) is 6.14. The molecule has 5 nitrogen and oxygen atoms in total. The number of fused-ring (bicyclic) bond motifs is 1. The summed E-state index contributed by atoms with van der Waals surface area (Å²) in [5, 5.41) is 6.52. The lowest BCUT2D eigenvalue weighted by Crippen LogP contribution is -2.27. The number of pyridine rings is 1. The number of hydrogen-bond donors (Lipinski definition) is 2. The van der Waals surface area contributed by atoms with E-state index in [-0.39, 0.29) is 11.6 Å². The fourth-order valence-electron chi connectivity index (χ4n) is 3.04. The number of furan rings is 1. The van der Waals surface area contributed by atoms with Gasteiger partial charge in [0, 0.05) is 29.7 Å². The molecule has 23 heavy (non-hydrogen) atoms. The zero-order valence-corrected chi connectivity index (χ0v) is 13.4. The number of hydrogen-bond acceptors (Lipinski definition) is 5. The van der Waals surface area contributed by atoms with Crippen molar-refractivity contribution >= 4 is 11.3 Å². The molecule has 1 aliphatic rings. The highest BCUT2D eigenvalue weighted by atomic mass is 32.1. The number of thiazole rings is 1. The van der Waals surface area contributed by atoms with Gasteiger partial charge < -0.3 is 14.7 Å². The molecular formula is C17H17N3O2S. The molecule has 1 aliphatic carbocycles. The van der Waals surface area contributed by atoms with Crippen molar-refractivity contribution in [2.24, 2.45) is 0 Å². The van der Waals surface area contributed by atoms with Crippen LogP contribution in [0.5, 0.6) is 0 Å². The van der Waals surface area contributed by atoms with Crippen molar-refractivity contribution < 1.29 is 4.42 Å². The number of nitrogens with zero attached hydrogens (tertiary/aromatic N) is 1. The van der Waals surface area contributed by atoms with Gasteiger partial charge >= 0.3 is 0 Å². The van der Waals surface area contributed by atoms with Gasteiger partial charge in [0.2, 0.25) is 5.56 Å². The van der Waals surface area contributed by atoms with Gasteiger partial charge in [0.1, 0.15) is 0 Å². The molecule has 2 N–H and O–H groups in total. The molecule has 0 bridgehead atoms. The topological polar surface area (TPSA) is 70.9 Å². The smallest absolute Gasteiger partial charge is 0.248 e. The molecule has 118 valence electrons. The maximum atomic E-state index is 11.4. The first-order valence-corrected chi connectivity index (χ1v) is 8.61. The molecule has 3 aromatic heterocycles. The zero-order valence-electron chi connectivity index (χ0n) is 12.5. The maximum absolute atomic E-state index is 11.4. The molecular weight excluding hydrogens is 310 g/mol. The molecule has 0 aliphatic heterocycles. The van der Waals surface area contributed by atoms with Crippen LogP contribution < -0.4 is 10.9 Å². The second-order valence-electron chi connectivity index (χ2n) is 5.70. The van der Waals surface area contributed by atoms with Crippen molar-refractivity contribution in [1.82, 2.24) is 15.3 Å². The Morgan fingerprint density at radius 2 is 2.35 bits per heavy atom. The van der Waals surface area contributed by atoms with E-state index in [0.717, 1.165) is 41.4 Å². The Morgan fingerprint density at radius 1 is 1.39 bits per heavy atom. The first-order chi connectivity index (χ1) is 11.3. The van der Waals surface area contributed by atoms with Crippen molar-refractivity contribution in [3.05, 3.63) is 63.2 Å². The van der Waals surface area contributed by atoms with E-state index in [2.05, 4.69) is 20.7 Å². The summed E-state index contributed by atoms with van der Waals surface area (Å²) >= 11 is 1.59. The summed E-state index contributed by atoms with van der Waals surface area (Å²) in [7, 11) is 0. The summed E-state index contributed by atoms with van der Waals surface area (Å²) < 4.78 is 5.38. The van der Waals surface area contributed by atoms with E-state index in [9.17, 15) is 4.79 Å². The van der Waals surface area contributed by atoms with Crippen LogP contribution in [0.2, 0.25) is 0 Å². The molecule has 3 aromatic rings. The van der Waals surface area contributed by atoms with E-state index in [1.54, 1.807) is 23.7 Å². The molecule has 1 atom stereocenters. The molecule has 0 saturated carbocycles. The van der Waals surface area contributed by atoms with Gasteiger partial charge in [-0.05, 0) is 37.0 Å². The SMILES string of the molecule is O=c1ccc2c([nH]1)CCC[C@H]2NCc1csc(-c2ccco2)n1. The molecule has 0 radical (unpaired) electrons. The Labute approximate surface area is 137 Å². The van der Waals surface area contributed by atoms with Gasteiger partial charge in [-0.15, -0.1) is 11.3 Å². The summed E-state index contributed by atoms with van der Waals surface area (Å²) in [6.45, 7) is 0.709. The summed E-state index contributed by atoms with van der Waals surface area (Å²) in [6, 6.07) is 7.61. The third-order valence-corrected chi connectivity index (χ3v) is 5.05. The molecule has 0 spiro atoms. The van der Waals surface area contributed by atoms with Crippen LogP contribution in [0.25, 0.3) is 10.8 Å². The summed E-state index contributed by atoms with van der Waals surface area (Å²) in [6.07, 6.45) is 4.77. The van der Waals surface area contributed by atoms with Crippen LogP contribution in [-0.2, 0) is 13.0 Å². The number of aromatic nitrogens is 2. The normalized spacial score (nSPS) is 17.1. The van der Waals surface area contributed by atoms with Gasteiger partial charge in [0.15, 0.2) is 10.8 Å². The van der Waals surface area contributed by atoms with Crippen LogP contribution in [0, 0.1) is 0 Å². The molecule has 4 rings (SSSR count). The van der Waals surface area contributed by atoms with E-state index in [0.29, 0.717) is 6.54 Å². The third-order valence-electron chi connectivity index (χ3n) is 4.15. The van der Waals surface area contributed by atoms with Gasteiger partial charge in [-0.25, -0.2) is 4.98 Å². The van der Waals surface area contributed by atoms with Crippen LogP contribution in [0.3, 0.4) is 0 Å². The predicted molar refractivity (Wildman–Crippen MR) is 89.4 cm³/mol. The van der Waals surface area contributed by atoms with Gasteiger partial charge in [0.05, 0.1) is 12.0 Å². The van der Waals surface area contributed by atoms with Gasteiger partial charge in [-0.1, -0.05) is 6.07 Å². The first kappa shape index (κ1) is 14.4. The van der Waals surface area contributed by atoms with Crippen molar-refractivity contribution in [3.63, 3.8) is 0 Å². The standard InChI is InChI=1S/C17H17N3O2S/c21-16-7-6-12-13(3-1-4-14(12)20-16)18-9-11-10-23-17(19-11)15-5-2-8-22-15/h2,5-8,10,13,18H,1,3-4,9H2,(H,20,21)/t13-/m1/s1. The second-order valence-corrected chi connectivity index (χ2v) is 6.56. The van der Waals surface area contributed by atoms with Crippen molar-refractivity contribution in [2.45, 2.75) is 31.8 Å². The predicted octanol–water partition coefficient (Wildman–Crippen LogP) is 3.26. The van der Waals surface area contributed by atoms with Gasteiger partial charge in [-0.2, -0.15) is 0 Å². The van der Waals surface area contributed by atoms with Crippen molar-refractivity contribution in [1.29, 1.82) is 0 Å². The Kier molecular flexibility index (Phi) is 3.85. The van der Waals surface area contributed by atoms with Crippen molar-refractivity contribution in [2.75, 3.05) is 0 Å². The highest BCUT2D eigenvalue weighted by Gasteiger charge is 2.20. The number of H-pyrrole nitrogens is 1. The largest absolute Gasteiger partial charge is 0.462 e. The molecule has 6 heteroatoms. The minimum absolute atomic E-state index is 0.0213. The first-order valence-electron chi connectivity index (χ1n) is 7.73. The number of rotatable bonds is 4. The fraction of sp³-hybridized carbons (Fsp3) is 0.294. The average Bonchev–Trinajstić information content (AvgIpc) is 3.23. The third kappa shape index (κ3) is 3.00. The van der Waals surface area contributed by atoms with E-state index < -0.39 is 0 Å². The lowest BCUT2D eigenvalue weighted by molar-refractivity contribution is 0.451. The molecule has 0 fully saturated rings. The number of aromatic amines is 1. The minimum Gasteiger partial charge on any atom is -0.462 e. The molecule has 3 heterocycles. The van der Waals surface area contributed by atoms with E-state index in [4.69, 9.17) is 4.42 Å². The Hall–Kier alpha value is -2.18. The lowest BCUT2D eigenvalue weighted by atomic mass is 9.91. The van der Waals surface area contributed by atoms with E-state index in [1.165, 1.54) is 5.56 Å². The number of nitrogens with one attached hydrogen (secondary N) is 2. The average molecular weight is 327 g/mol. The quantitative estimate of drug-likeness (QED) is 0.771. The lowest BCUT2D eigenvalue weighted by Gasteiger charge is -2.25. The summed E-state index contributed by atoms with van der Waals surface area (Å²) in [5.41, 5.74) is 3.26. The molecule has 0 amide bonds. The van der Waals surface area contributed by atoms with E-state index >= 15 is 0 Å². The van der Waals surface area contributed by atoms with Crippen LogP contribution in [0.1, 0.15) is 35.8 Å². The van der Waals surface area contributed by atoms with Gasteiger partial charge in [-0.3, -0.25) is 4.79 Å². The minimum atomic E-state index is -0.0213. The molecule has 0 saturated heterocycles. The van der Waals surface area contributed by atoms with Crippen molar-refractivity contribution in [3.8, 4) is 10.8 Å². The van der Waals surface area contributed by atoms with Crippen LogP contribution in [0.15, 0.2) is 45.1 Å². The van der Waals surface area contributed by atoms with E-state index in [1.807, 2.05) is 18.2 Å². The monoisotopic (exact) mass is 327 g/mol. The fourth-order valence-corrected chi connectivity index (χ4v) is 3.83. The molecule has 0 aromatic carbocycles. The number of aryl methyl sites for hydroxylation is 1. The van der Waals surface area contributed by atoms with Gasteiger partial charge in [0.25, 0.3) is 0 Å².